The summed E-state index contributed by atoms with van der Waals surface area (Å²) in [6, 6.07) is 32.7. The van der Waals surface area contributed by atoms with Crippen LogP contribution >= 0.6 is 0 Å². The molecule has 0 radical (unpaired) electrons. The van der Waals surface area contributed by atoms with Crippen LogP contribution in [0.1, 0.15) is 138 Å². The predicted octanol–water partition coefficient (Wildman–Crippen LogP) is 11.0. The number of hydrogen-bond acceptors (Lipinski definition) is 7. The number of aliphatic hydroxyl groups is 1. The van der Waals surface area contributed by atoms with Gasteiger partial charge < -0.3 is 34.9 Å². The van der Waals surface area contributed by atoms with Gasteiger partial charge in [-0.3, -0.25) is 0 Å². The molecule has 0 aromatic heterocycles. The smallest absolute Gasteiger partial charge is 0.328 e. The fourth-order valence-corrected chi connectivity index (χ4v) is 8.19. The van der Waals surface area contributed by atoms with Crippen LogP contribution in [0, 0.1) is 0 Å². The Labute approximate surface area is 365 Å². The molecule has 0 spiro atoms. The van der Waals surface area contributed by atoms with Crippen LogP contribution in [0.2, 0.25) is 0 Å². The second-order valence-electron chi connectivity index (χ2n) is 16.6. The minimum absolute atomic E-state index is 0.00875. The Balaban J connectivity index is 1.27. The summed E-state index contributed by atoms with van der Waals surface area (Å²) in [6.07, 6.45) is 15.8. The third-order valence-electron chi connectivity index (χ3n) is 11.8. The SMILES string of the molecule is CCCCCCCCN(CCCCCCCC)CC1CC(c2ccc(CO)cc2)OC(c2ccc(-c3ccccc3CNC(=O)NC(Cc3ccccc3)C(=O)OC)cc2)O1. The third kappa shape index (κ3) is 16.0. The Kier molecular flexibility index (Phi) is 20.8. The maximum Gasteiger partial charge on any atom is 0.328 e. The van der Waals surface area contributed by atoms with Crippen molar-refractivity contribution in [3.63, 3.8) is 0 Å². The number of nitrogens with one attached hydrogen (secondary N) is 2. The van der Waals surface area contributed by atoms with Gasteiger partial charge in [-0.1, -0.05) is 181 Å². The number of rotatable bonds is 26. The van der Waals surface area contributed by atoms with Gasteiger partial charge in [0.2, 0.25) is 0 Å². The van der Waals surface area contributed by atoms with Crippen molar-refractivity contribution in [2.45, 2.75) is 141 Å². The minimum atomic E-state index is -0.817. The van der Waals surface area contributed by atoms with Gasteiger partial charge in [0, 0.05) is 31.5 Å². The lowest BCUT2D eigenvalue weighted by molar-refractivity contribution is -0.253. The van der Waals surface area contributed by atoms with E-state index in [-0.39, 0.29) is 25.4 Å². The zero-order valence-corrected chi connectivity index (χ0v) is 37.0. The first-order valence-electron chi connectivity index (χ1n) is 23.0. The fraction of sp³-hybridized carbons (Fsp3) is 0.500. The average molecular weight is 834 g/mol. The number of benzene rings is 4. The van der Waals surface area contributed by atoms with E-state index in [9.17, 15) is 14.7 Å². The number of hydrogen-bond donors (Lipinski definition) is 3. The highest BCUT2D eigenvalue weighted by Gasteiger charge is 2.33. The van der Waals surface area contributed by atoms with Crippen LogP contribution in [0.3, 0.4) is 0 Å². The number of nitrogens with zero attached hydrogens (tertiary/aromatic N) is 1. The normalized spacial score (nSPS) is 16.9. The number of methoxy groups -OCH3 is 1. The zero-order chi connectivity index (χ0) is 43.1. The molecule has 4 aromatic carbocycles. The van der Waals surface area contributed by atoms with E-state index < -0.39 is 24.3 Å². The van der Waals surface area contributed by atoms with Gasteiger partial charge >= 0.3 is 12.0 Å². The van der Waals surface area contributed by atoms with Gasteiger partial charge in [0.1, 0.15) is 6.04 Å². The Bertz CT molecular complexity index is 1820. The van der Waals surface area contributed by atoms with E-state index in [0.29, 0.717) is 6.42 Å². The standard InChI is InChI=1S/C52H71N3O6/c1-4-6-8-10-12-19-33-55(34-20-13-11-9-7-5-2)38-46-36-49(43-27-25-41(39-56)26-28-43)61-51(60-46)44-31-29-42(30-32-44)47-24-18-17-23-45(47)37-53-52(58)54-48(50(57)59-3)35-40-21-15-14-16-22-40/h14-18,21-32,46,48-49,51,56H,4-13,19-20,33-39H2,1-3H3,(H2,53,54,58). The summed E-state index contributed by atoms with van der Waals surface area (Å²) in [5.74, 6) is -0.499. The lowest BCUT2D eigenvalue weighted by Gasteiger charge is -2.38. The second kappa shape index (κ2) is 26.7. The molecule has 330 valence electrons. The van der Waals surface area contributed by atoms with Crippen molar-refractivity contribution in [1.29, 1.82) is 0 Å². The number of amides is 2. The number of unbranched alkanes of at least 4 members (excludes halogenated alkanes) is 10. The fourth-order valence-electron chi connectivity index (χ4n) is 8.19. The van der Waals surface area contributed by atoms with E-state index in [1.54, 1.807) is 0 Å². The van der Waals surface area contributed by atoms with Crippen molar-refractivity contribution in [3.8, 4) is 11.1 Å². The zero-order valence-electron chi connectivity index (χ0n) is 37.0. The van der Waals surface area contributed by atoms with Crippen LogP contribution in [-0.2, 0) is 38.6 Å². The van der Waals surface area contributed by atoms with Gasteiger partial charge in [0.25, 0.3) is 0 Å². The van der Waals surface area contributed by atoms with E-state index in [2.05, 4.69) is 71.8 Å². The molecular formula is C52H71N3O6. The van der Waals surface area contributed by atoms with E-state index in [0.717, 1.165) is 65.0 Å². The molecule has 4 aromatic rings. The monoisotopic (exact) mass is 834 g/mol. The Hall–Kier alpha value is -4.54. The molecular weight excluding hydrogens is 763 g/mol. The summed E-state index contributed by atoms with van der Waals surface area (Å²) in [5.41, 5.74) is 6.79. The van der Waals surface area contributed by atoms with Gasteiger partial charge in [0.05, 0.1) is 25.9 Å². The second-order valence-corrected chi connectivity index (χ2v) is 16.6. The van der Waals surface area contributed by atoms with Gasteiger partial charge in [-0.25, -0.2) is 9.59 Å². The van der Waals surface area contributed by atoms with Crippen molar-refractivity contribution in [3.05, 3.63) is 131 Å². The van der Waals surface area contributed by atoms with Crippen molar-refractivity contribution in [2.75, 3.05) is 26.7 Å². The van der Waals surface area contributed by atoms with E-state index >= 15 is 0 Å². The molecule has 1 aliphatic heterocycles. The summed E-state index contributed by atoms with van der Waals surface area (Å²) >= 11 is 0. The first kappa shape index (κ1) is 47.5. The number of ether oxygens (including phenoxy) is 3. The lowest BCUT2D eigenvalue weighted by Crippen LogP contribution is -2.47. The maximum atomic E-state index is 13.1. The van der Waals surface area contributed by atoms with Crippen LogP contribution < -0.4 is 10.6 Å². The first-order chi connectivity index (χ1) is 29.9. The molecule has 0 bridgehead atoms. The highest BCUT2D eigenvalue weighted by molar-refractivity contribution is 5.84. The van der Waals surface area contributed by atoms with Crippen LogP contribution in [-0.4, -0.2) is 60.9 Å². The predicted molar refractivity (Wildman–Crippen MR) is 245 cm³/mol. The molecule has 1 fully saturated rings. The molecule has 1 aliphatic rings. The summed E-state index contributed by atoms with van der Waals surface area (Å²) in [5, 5.41) is 15.5. The molecule has 5 rings (SSSR count). The van der Waals surface area contributed by atoms with Gasteiger partial charge in [-0.2, -0.15) is 0 Å². The van der Waals surface area contributed by atoms with Crippen molar-refractivity contribution in [1.82, 2.24) is 15.5 Å². The van der Waals surface area contributed by atoms with E-state index in [1.165, 1.54) is 84.2 Å². The van der Waals surface area contributed by atoms with Crippen LogP contribution in [0.5, 0.6) is 0 Å². The maximum absolute atomic E-state index is 13.1. The average Bonchev–Trinajstić information content (AvgIpc) is 3.30. The Morgan fingerprint density at radius 1 is 0.721 bits per heavy atom. The molecule has 61 heavy (non-hydrogen) atoms. The highest BCUT2D eigenvalue weighted by atomic mass is 16.7. The number of carbonyl (C=O) groups excluding carboxylic acids is 2. The molecule has 2 amide bonds. The van der Waals surface area contributed by atoms with Crippen molar-refractivity contribution >= 4 is 12.0 Å². The van der Waals surface area contributed by atoms with Crippen molar-refractivity contribution in [2.24, 2.45) is 0 Å². The molecule has 0 aliphatic carbocycles. The molecule has 0 saturated carbocycles. The van der Waals surface area contributed by atoms with E-state index in [4.69, 9.17) is 14.2 Å². The van der Waals surface area contributed by atoms with Crippen LogP contribution in [0.4, 0.5) is 4.79 Å². The minimum Gasteiger partial charge on any atom is -0.467 e. The van der Waals surface area contributed by atoms with Gasteiger partial charge in [0.15, 0.2) is 6.29 Å². The molecule has 9 nitrogen and oxygen atoms in total. The number of esters is 1. The molecule has 4 atom stereocenters. The van der Waals surface area contributed by atoms with E-state index in [1.807, 2.05) is 60.7 Å². The van der Waals surface area contributed by atoms with Crippen LogP contribution in [0.25, 0.3) is 11.1 Å². The molecule has 1 heterocycles. The summed E-state index contributed by atoms with van der Waals surface area (Å²) in [4.78, 5) is 28.3. The molecule has 3 N–H and O–H groups in total. The summed E-state index contributed by atoms with van der Waals surface area (Å²) in [7, 11) is 1.32. The third-order valence-corrected chi connectivity index (χ3v) is 11.8. The lowest BCUT2D eigenvalue weighted by atomic mass is 9.97. The molecule has 1 saturated heterocycles. The number of aliphatic hydroxyl groups excluding tert-OH is 1. The Morgan fingerprint density at radius 2 is 1.33 bits per heavy atom. The van der Waals surface area contributed by atoms with Gasteiger partial charge in [-0.05, 0) is 59.3 Å². The van der Waals surface area contributed by atoms with Crippen LogP contribution in [0.15, 0.2) is 103 Å². The quantitative estimate of drug-likeness (QED) is 0.0427. The van der Waals surface area contributed by atoms with Gasteiger partial charge in [-0.15, -0.1) is 0 Å². The molecule has 9 heteroatoms. The Morgan fingerprint density at radius 3 is 1.97 bits per heavy atom. The first-order valence-corrected chi connectivity index (χ1v) is 23.0. The number of carbonyl (C=O) groups is 2. The summed E-state index contributed by atoms with van der Waals surface area (Å²) in [6.45, 7) is 7.87. The summed E-state index contributed by atoms with van der Waals surface area (Å²) < 4.78 is 18.6. The largest absolute Gasteiger partial charge is 0.467 e. The van der Waals surface area contributed by atoms with Crippen molar-refractivity contribution < 1.29 is 28.9 Å². The molecule has 4 unspecified atom stereocenters. The topological polar surface area (TPSA) is 109 Å². The number of urea groups is 1. The highest BCUT2D eigenvalue weighted by Crippen LogP contribution is 2.39.